The summed E-state index contributed by atoms with van der Waals surface area (Å²) in [4.78, 5) is 47.5. The molecule has 1 saturated carbocycles. The topological polar surface area (TPSA) is 270 Å². The Balaban J connectivity index is 1.49. The molecule has 2 aromatic rings. The molecule has 0 radical (unpaired) electrons. The number of nitrogens with zero attached hydrogens (tertiary/aromatic N) is 6. The fraction of sp³-hybridized carbons (Fsp3) is 0.550. The van der Waals surface area contributed by atoms with Gasteiger partial charge >= 0.3 is 16.3 Å². The fourth-order valence-electron chi connectivity index (χ4n) is 3.82. The highest BCUT2D eigenvalue weighted by Crippen LogP contribution is 2.40. The number of nitrogens with one attached hydrogen (secondary N) is 2. The number of carbonyl (C=O) groups is 3. The minimum Gasteiger partial charge on any atom is -0.478 e. The van der Waals surface area contributed by atoms with Crippen molar-refractivity contribution in [3.63, 3.8) is 0 Å². The average Bonchev–Trinajstić information content (AvgIpc) is 3.36. The Bertz CT molecular complexity index is 1400. The first-order chi connectivity index (χ1) is 18.9. The van der Waals surface area contributed by atoms with Crippen LogP contribution in [-0.2, 0) is 42.6 Å². The van der Waals surface area contributed by atoms with Crippen molar-refractivity contribution in [1.29, 1.82) is 0 Å². The Hall–Kier alpha value is -3.72. The average molecular weight is 601 g/mol. The van der Waals surface area contributed by atoms with Crippen molar-refractivity contribution >= 4 is 50.3 Å². The number of nitrogen functional groups attached to an aromatic ring is 1. The number of unbranched alkanes of at least 4 members (excludes halogenated alkanes) is 1. The van der Waals surface area contributed by atoms with E-state index in [0.29, 0.717) is 25.3 Å². The van der Waals surface area contributed by atoms with Gasteiger partial charge in [0.05, 0.1) is 18.4 Å². The lowest BCUT2D eigenvalue weighted by molar-refractivity contribution is -0.153. The van der Waals surface area contributed by atoms with Gasteiger partial charge in [0.25, 0.3) is 11.8 Å². The van der Waals surface area contributed by atoms with Crippen molar-refractivity contribution in [3.8, 4) is 0 Å². The van der Waals surface area contributed by atoms with E-state index in [1.165, 1.54) is 11.6 Å². The Morgan fingerprint density at radius 1 is 1.32 bits per heavy atom. The summed E-state index contributed by atoms with van der Waals surface area (Å²) in [6, 6.07) is -2.73. The maximum atomic E-state index is 13.2. The third kappa shape index (κ3) is 6.53. The summed E-state index contributed by atoms with van der Waals surface area (Å²) in [6.45, 7) is 1.38. The van der Waals surface area contributed by atoms with Gasteiger partial charge in [-0.25, -0.2) is 14.1 Å². The Labute approximate surface area is 231 Å². The van der Waals surface area contributed by atoms with E-state index in [0.717, 1.165) is 29.0 Å². The summed E-state index contributed by atoms with van der Waals surface area (Å²) in [5.74, 6) is -3.39. The standard InChI is InChI=1S/C20H28N10O8S2/c21-5-1-2-6-23-7-11-8-24-29(27-11)9-13-15(17(32)30(13)40(35,36)37)26-16(31)14(12-10-39-19(22)25-12)28-38-20(3-4-20)18(33)34/h8,10,13,15,23H,1-7,9,21H2,(H2,22,25)(H,26,31)(H,33,34)(H,35,36,37)/b28-14-/t13-,15?/m0/s1. The highest BCUT2D eigenvalue weighted by molar-refractivity contribution is 7.84. The third-order valence-electron chi connectivity index (χ3n) is 6.14. The molecule has 3 heterocycles. The van der Waals surface area contributed by atoms with Crippen molar-refractivity contribution in [1.82, 2.24) is 34.9 Å². The Morgan fingerprint density at radius 2 is 2.08 bits per heavy atom. The molecule has 40 heavy (non-hydrogen) atoms. The van der Waals surface area contributed by atoms with E-state index in [4.69, 9.17) is 16.3 Å². The molecule has 18 nitrogen and oxygen atoms in total. The number of carbonyl (C=O) groups excluding carboxylic acids is 2. The number of aromatic nitrogens is 4. The minimum atomic E-state index is -4.98. The van der Waals surface area contributed by atoms with Crippen LogP contribution >= 0.6 is 11.3 Å². The second-order valence-corrected chi connectivity index (χ2v) is 11.3. The summed E-state index contributed by atoms with van der Waals surface area (Å²) >= 11 is 0.978. The molecule has 1 unspecified atom stereocenters. The molecule has 0 aromatic carbocycles. The van der Waals surface area contributed by atoms with Gasteiger partial charge in [-0.05, 0) is 25.9 Å². The highest BCUT2D eigenvalue weighted by Gasteiger charge is 2.56. The quantitative estimate of drug-likeness (QED) is 0.0412. The molecule has 2 aliphatic rings. The van der Waals surface area contributed by atoms with Crippen LogP contribution in [0, 0.1) is 0 Å². The van der Waals surface area contributed by atoms with Crippen LogP contribution in [0.3, 0.4) is 0 Å². The lowest BCUT2D eigenvalue weighted by Gasteiger charge is -2.43. The van der Waals surface area contributed by atoms with Gasteiger partial charge < -0.3 is 32.0 Å². The van der Waals surface area contributed by atoms with E-state index in [2.05, 4.69) is 31.0 Å². The number of β-lactam (4-membered cyclic amide) rings is 1. The molecule has 2 amide bonds. The van der Waals surface area contributed by atoms with Gasteiger partial charge in [-0.2, -0.15) is 23.4 Å². The number of hydrogen-bond donors (Lipinski definition) is 6. The van der Waals surface area contributed by atoms with Gasteiger partial charge in [-0.1, -0.05) is 5.16 Å². The molecule has 0 bridgehead atoms. The number of anilines is 1. The number of carboxylic acids is 1. The van der Waals surface area contributed by atoms with Crippen LogP contribution < -0.4 is 22.1 Å². The van der Waals surface area contributed by atoms with E-state index >= 15 is 0 Å². The summed E-state index contributed by atoms with van der Waals surface area (Å²) < 4.78 is 33.6. The molecule has 0 spiro atoms. The molecule has 2 fully saturated rings. The number of thiazole rings is 1. The number of hydrogen-bond acceptors (Lipinski definition) is 14. The van der Waals surface area contributed by atoms with Crippen molar-refractivity contribution < 1.29 is 37.3 Å². The van der Waals surface area contributed by atoms with Gasteiger partial charge in [0, 0.05) is 24.8 Å². The normalized spacial score (nSPS) is 20.2. The van der Waals surface area contributed by atoms with E-state index in [1.807, 2.05) is 0 Å². The first-order valence-electron chi connectivity index (χ1n) is 12.1. The van der Waals surface area contributed by atoms with Gasteiger partial charge in [-0.3, -0.25) is 14.1 Å². The van der Waals surface area contributed by atoms with Crippen LogP contribution in [0.4, 0.5) is 5.13 Å². The maximum Gasteiger partial charge on any atom is 0.362 e. The SMILES string of the molecule is NCCCCNCc1cnn(C[C@H]2C(NC(=O)/C(=N\OC3(C(=O)O)CC3)c3csc(N)n3)C(=O)N2S(=O)(=O)O)n1. The fourth-order valence-corrected chi connectivity index (χ4v) is 5.24. The molecule has 1 aliphatic carbocycles. The predicted molar refractivity (Wildman–Crippen MR) is 138 cm³/mol. The van der Waals surface area contributed by atoms with Crippen LogP contribution in [0.25, 0.3) is 0 Å². The van der Waals surface area contributed by atoms with Gasteiger partial charge in [0.15, 0.2) is 10.8 Å². The maximum absolute atomic E-state index is 13.2. The van der Waals surface area contributed by atoms with Crippen molar-refractivity contribution in [2.45, 2.75) is 56.5 Å². The molecule has 8 N–H and O–H groups in total. The van der Waals surface area contributed by atoms with Crippen LogP contribution in [0.5, 0.6) is 0 Å². The van der Waals surface area contributed by atoms with Crippen molar-refractivity contribution in [2.75, 3.05) is 18.8 Å². The molecule has 2 aromatic heterocycles. The minimum absolute atomic E-state index is 0.0477. The molecular weight excluding hydrogens is 572 g/mol. The largest absolute Gasteiger partial charge is 0.478 e. The zero-order chi connectivity index (χ0) is 29.1. The van der Waals surface area contributed by atoms with E-state index in [-0.39, 0.29) is 34.5 Å². The van der Waals surface area contributed by atoms with Gasteiger partial charge in [0.1, 0.15) is 17.8 Å². The molecule has 20 heteroatoms. The monoisotopic (exact) mass is 600 g/mol. The van der Waals surface area contributed by atoms with Crippen LogP contribution in [0.2, 0.25) is 0 Å². The van der Waals surface area contributed by atoms with Gasteiger partial charge in [-0.15, -0.1) is 11.3 Å². The summed E-state index contributed by atoms with van der Waals surface area (Å²) in [5.41, 5.74) is 9.56. The number of oxime groups is 1. The number of nitrogens with two attached hydrogens (primary N) is 2. The zero-order valence-corrected chi connectivity index (χ0v) is 22.6. The molecule has 1 aliphatic heterocycles. The van der Waals surface area contributed by atoms with E-state index < -0.39 is 51.5 Å². The summed E-state index contributed by atoms with van der Waals surface area (Å²) in [5, 5.41) is 28.3. The smallest absolute Gasteiger partial charge is 0.362 e. The number of aliphatic carboxylic acids is 1. The Kier molecular flexibility index (Phi) is 8.63. The first kappa shape index (κ1) is 29.3. The molecule has 1 saturated heterocycles. The first-order valence-corrected chi connectivity index (χ1v) is 14.3. The lowest BCUT2D eigenvalue weighted by Crippen LogP contribution is -2.73. The van der Waals surface area contributed by atoms with Crippen molar-refractivity contribution in [3.05, 3.63) is 23.0 Å². The van der Waals surface area contributed by atoms with Gasteiger partial charge in [0.2, 0.25) is 5.60 Å². The molecule has 218 valence electrons. The lowest BCUT2D eigenvalue weighted by atomic mass is 9.98. The molecule has 2 atom stereocenters. The summed E-state index contributed by atoms with van der Waals surface area (Å²) in [6.07, 6.45) is 3.54. The van der Waals surface area contributed by atoms with E-state index in [1.54, 1.807) is 0 Å². The van der Waals surface area contributed by atoms with Crippen molar-refractivity contribution in [2.24, 2.45) is 10.9 Å². The highest BCUT2D eigenvalue weighted by atomic mass is 32.2. The second kappa shape index (κ2) is 11.8. The van der Waals surface area contributed by atoms with Crippen LogP contribution in [0.15, 0.2) is 16.7 Å². The number of carboxylic acid groups (broad SMARTS) is 1. The molecular formula is C20H28N10O8S2. The zero-order valence-electron chi connectivity index (χ0n) is 21.0. The van der Waals surface area contributed by atoms with Crippen LogP contribution in [-0.4, -0.2) is 96.6 Å². The number of amides is 2. The molecule has 4 rings (SSSR count). The van der Waals surface area contributed by atoms with Crippen LogP contribution in [0.1, 0.15) is 37.1 Å². The third-order valence-corrected chi connectivity index (χ3v) is 7.76. The number of rotatable bonds is 15. The van der Waals surface area contributed by atoms with E-state index in [9.17, 15) is 32.5 Å². The summed E-state index contributed by atoms with van der Waals surface area (Å²) in [7, 11) is -4.98. The second-order valence-electron chi connectivity index (χ2n) is 9.10. The Morgan fingerprint density at radius 3 is 2.67 bits per heavy atom. The predicted octanol–water partition coefficient (Wildman–Crippen LogP) is -2.32.